The average molecular weight is 626 g/mol. The summed E-state index contributed by atoms with van der Waals surface area (Å²) < 4.78 is 17.7. The molecule has 2 aromatic carbocycles. The van der Waals surface area contributed by atoms with Gasteiger partial charge in [0.15, 0.2) is 5.69 Å². The minimum absolute atomic E-state index is 0.0115. The standard InChI is InChI=1S/C30H39N7O8/c38-27-19-44-26-10-12-35(16-23(26)32-27)30(39)36-14-20(15-36)17-42-18-21-6-2-3-7-25(21)43-13-5-1-4-11-31-22-8-9-24(37(40)41)29-28(22)33-45-34-29/h2-3,6-9,20,23,26,31,33-34H,1,4-5,10-19H2,(H,32,38)/t23-,26+/m1/s1. The third-order valence-corrected chi connectivity index (χ3v) is 8.49. The molecule has 3 fully saturated rings. The van der Waals surface area contributed by atoms with Crippen molar-refractivity contribution >= 4 is 34.7 Å². The molecule has 0 spiro atoms. The van der Waals surface area contributed by atoms with E-state index in [0.29, 0.717) is 63.9 Å². The van der Waals surface area contributed by atoms with Crippen LogP contribution in [-0.2, 0) is 25.8 Å². The van der Waals surface area contributed by atoms with E-state index in [1.165, 1.54) is 6.07 Å². The van der Waals surface area contributed by atoms with Crippen LogP contribution in [0.4, 0.5) is 27.5 Å². The zero-order chi connectivity index (χ0) is 31.2. The molecule has 4 aliphatic heterocycles. The van der Waals surface area contributed by atoms with E-state index in [4.69, 9.17) is 19.1 Å². The molecule has 0 radical (unpaired) electrons. The maximum absolute atomic E-state index is 13.0. The molecule has 0 unspecified atom stereocenters. The Morgan fingerprint density at radius 2 is 1.91 bits per heavy atom. The summed E-state index contributed by atoms with van der Waals surface area (Å²) in [7, 11) is 0. The molecule has 45 heavy (non-hydrogen) atoms. The number of ether oxygens (including phenoxy) is 3. The Balaban J connectivity index is 0.850. The smallest absolute Gasteiger partial charge is 0.320 e. The van der Waals surface area contributed by atoms with E-state index in [1.54, 1.807) is 6.07 Å². The van der Waals surface area contributed by atoms with E-state index in [2.05, 4.69) is 21.6 Å². The number of anilines is 3. The summed E-state index contributed by atoms with van der Waals surface area (Å²) in [6, 6.07) is 10.9. The monoisotopic (exact) mass is 625 g/mol. The molecule has 4 N–H and O–H groups in total. The molecule has 0 aromatic heterocycles. The van der Waals surface area contributed by atoms with Gasteiger partial charge in [-0.25, -0.2) is 15.8 Å². The van der Waals surface area contributed by atoms with Crippen LogP contribution in [0.5, 0.6) is 5.75 Å². The van der Waals surface area contributed by atoms with E-state index in [0.717, 1.165) is 42.7 Å². The predicted molar refractivity (Wildman–Crippen MR) is 164 cm³/mol. The van der Waals surface area contributed by atoms with Gasteiger partial charge < -0.3 is 34.6 Å². The summed E-state index contributed by atoms with van der Waals surface area (Å²) in [4.78, 5) is 43.9. The number of hydrogen-bond acceptors (Lipinski definition) is 11. The number of nitro groups is 1. The number of benzene rings is 2. The quantitative estimate of drug-likeness (QED) is 0.147. The van der Waals surface area contributed by atoms with Gasteiger partial charge in [-0.05, 0) is 37.8 Å². The van der Waals surface area contributed by atoms with Crippen LogP contribution >= 0.6 is 0 Å². The van der Waals surface area contributed by atoms with Gasteiger partial charge in [0.05, 0.1) is 42.6 Å². The highest BCUT2D eigenvalue weighted by Gasteiger charge is 2.40. The first-order valence-electron chi connectivity index (χ1n) is 15.4. The second-order valence-electron chi connectivity index (χ2n) is 11.7. The first-order chi connectivity index (χ1) is 22.0. The van der Waals surface area contributed by atoms with Crippen LogP contribution in [0, 0.1) is 16.0 Å². The molecular weight excluding hydrogens is 586 g/mol. The molecule has 4 heterocycles. The van der Waals surface area contributed by atoms with Crippen LogP contribution in [0.2, 0.25) is 0 Å². The number of piperidine rings is 1. The molecule has 242 valence electrons. The molecule has 0 bridgehead atoms. The summed E-state index contributed by atoms with van der Waals surface area (Å²) in [6.07, 6.45) is 3.44. The first-order valence-corrected chi connectivity index (χ1v) is 15.4. The highest BCUT2D eigenvalue weighted by molar-refractivity contribution is 5.89. The number of carbonyl (C=O) groups excluding carboxylic acids is 2. The molecule has 15 nitrogen and oxygen atoms in total. The maximum atomic E-state index is 13.0. The lowest BCUT2D eigenvalue weighted by Gasteiger charge is -2.46. The molecule has 0 saturated carbocycles. The van der Waals surface area contributed by atoms with Crippen molar-refractivity contribution in [3.05, 3.63) is 52.1 Å². The lowest BCUT2D eigenvalue weighted by atomic mass is 9.99. The van der Waals surface area contributed by atoms with E-state index in [9.17, 15) is 19.7 Å². The summed E-state index contributed by atoms with van der Waals surface area (Å²) in [5.41, 5.74) is 7.70. The van der Waals surface area contributed by atoms with Crippen molar-refractivity contribution in [2.24, 2.45) is 5.92 Å². The van der Waals surface area contributed by atoms with Crippen molar-refractivity contribution in [2.75, 3.05) is 68.8 Å². The van der Waals surface area contributed by atoms with Crippen LogP contribution in [0.15, 0.2) is 36.4 Å². The number of amides is 3. The van der Waals surface area contributed by atoms with Gasteiger partial charge in [-0.1, -0.05) is 18.2 Å². The number of fused-ring (bicyclic) bond motifs is 2. The van der Waals surface area contributed by atoms with Crippen LogP contribution in [0.1, 0.15) is 31.2 Å². The number of morpholine rings is 1. The number of hydrogen-bond donors (Lipinski definition) is 4. The topological polar surface area (TPSA) is 169 Å². The first kappa shape index (κ1) is 30.7. The fourth-order valence-electron chi connectivity index (χ4n) is 6.04. The SMILES string of the molecule is O=C1CO[C@H]2CCN(C(=O)N3CC(COCc4ccccc4OCCCCCNc4ccc([N+](=O)[O-])c5c4NON5)C3)C[C@H]2N1. The average Bonchev–Trinajstić information content (AvgIpc) is 3.52. The van der Waals surface area contributed by atoms with Crippen LogP contribution < -0.4 is 26.3 Å². The number of urea groups is 1. The zero-order valence-electron chi connectivity index (χ0n) is 25.0. The number of likely N-dealkylation sites (tertiary alicyclic amines) is 2. The van der Waals surface area contributed by atoms with Crippen LogP contribution in [-0.4, -0.2) is 91.4 Å². The Morgan fingerprint density at radius 1 is 1.07 bits per heavy atom. The van der Waals surface area contributed by atoms with Gasteiger partial charge in [0.1, 0.15) is 18.0 Å². The normalized spacial score (nSPS) is 20.7. The number of para-hydroxylation sites is 1. The Labute approximate surface area is 260 Å². The number of rotatable bonds is 13. The molecule has 15 heteroatoms. The van der Waals surface area contributed by atoms with Gasteiger partial charge in [-0.2, -0.15) is 4.94 Å². The van der Waals surface area contributed by atoms with Gasteiger partial charge in [-0.3, -0.25) is 14.9 Å². The molecule has 3 amide bonds. The third kappa shape index (κ3) is 7.32. The van der Waals surface area contributed by atoms with Crippen LogP contribution in [0.25, 0.3) is 0 Å². The van der Waals surface area contributed by atoms with Gasteiger partial charge >= 0.3 is 6.03 Å². The fraction of sp³-hybridized carbons (Fsp3) is 0.533. The second kappa shape index (κ2) is 14.2. The third-order valence-electron chi connectivity index (χ3n) is 8.49. The van der Waals surface area contributed by atoms with Crippen molar-refractivity contribution in [2.45, 2.75) is 44.4 Å². The number of nitrogens with one attached hydrogen (secondary N) is 4. The molecule has 2 aromatic rings. The van der Waals surface area contributed by atoms with Crippen molar-refractivity contribution in [3.63, 3.8) is 0 Å². The summed E-state index contributed by atoms with van der Waals surface area (Å²) >= 11 is 0. The Morgan fingerprint density at radius 3 is 2.78 bits per heavy atom. The predicted octanol–water partition coefficient (Wildman–Crippen LogP) is 3.10. The minimum Gasteiger partial charge on any atom is -0.493 e. The number of unbranched alkanes of at least 4 members (excludes halogenated alkanes) is 2. The lowest BCUT2D eigenvalue weighted by molar-refractivity contribution is -0.384. The second-order valence-corrected chi connectivity index (χ2v) is 11.7. The van der Waals surface area contributed by atoms with Crippen molar-refractivity contribution < 1.29 is 33.7 Å². The van der Waals surface area contributed by atoms with Gasteiger partial charge in [-0.15, -0.1) is 0 Å². The summed E-state index contributed by atoms with van der Waals surface area (Å²) in [5.74, 6) is 0.973. The molecular formula is C30H39N7O8. The number of nitrogens with zero attached hydrogens (tertiary/aromatic N) is 3. The largest absolute Gasteiger partial charge is 0.493 e. The molecule has 0 aliphatic carbocycles. The Kier molecular flexibility index (Phi) is 9.66. The number of carbonyl (C=O) groups is 2. The minimum atomic E-state index is -0.454. The maximum Gasteiger partial charge on any atom is 0.320 e. The lowest BCUT2D eigenvalue weighted by Crippen LogP contribution is -2.64. The summed E-state index contributed by atoms with van der Waals surface area (Å²) in [5, 5.41) is 17.4. The van der Waals surface area contributed by atoms with E-state index < -0.39 is 4.92 Å². The summed E-state index contributed by atoms with van der Waals surface area (Å²) in [6.45, 7) is 4.82. The fourth-order valence-corrected chi connectivity index (χ4v) is 6.04. The van der Waals surface area contributed by atoms with Gasteiger partial charge in [0.2, 0.25) is 5.91 Å². The van der Waals surface area contributed by atoms with Crippen molar-refractivity contribution in [1.29, 1.82) is 0 Å². The van der Waals surface area contributed by atoms with E-state index in [-0.39, 0.29) is 42.3 Å². The van der Waals surface area contributed by atoms with Crippen molar-refractivity contribution in [1.82, 2.24) is 15.1 Å². The molecule has 4 aliphatic rings. The zero-order valence-corrected chi connectivity index (χ0v) is 25.0. The Hall–Kier alpha value is -4.34. The van der Waals surface area contributed by atoms with Gasteiger partial charge in [0.25, 0.3) is 5.69 Å². The molecule has 6 rings (SSSR count). The molecule has 2 atom stereocenters. The van der Waals surface area contributed by atoms with Gasteiger partial charge in [0, 0.05) is 50.3 Å². The Bertz CT molecular complexity index is 1390. The highest BCUT2D eigenvalue weighted by atomic mass is 16.8. The van der Waals surface area contributed by atoms with Crippen molar-refractivity contribution in [3.8, 4) is 5.75 Å². The number of nitro benzene ring substituents is 1. The molecule has 3 saturated heterocycles. The van der Waals surface area contributed by atoms with Crippen LogP contribution in [0.3, 0.4) is 0 Å². The van der Waals surface area contributed by atoms with E-state index >= 15 is 0 Å². The highest BCUT2D eigenvalue weighted by Crippen LogP contribution is 2.41. The van der Waals surface area contributed by atoms with E-state index in [1.807, 2.05) is 34.1 Å².